The van der Waals surface area contributed by atoms with Gasteiger partial charge >= 0.3 is 0 Å². The smallest absolute Gasteiger partial charge is 0.267 e. The van der Waals surface area contributed by atoms with E-state index in [2.05, 4.69) is 4.98 Å². The predicted molar refractivity (Wildman–Crippen MR) is 69.9 cm³/mol. The van der Waals surface area contributed by atoms with Crippen molar-refractivity contribution in [1.82, 2.24) is 8.94 Å². The van der Waals surface area contributed by atoms with Gasteiger partial charge in [0.2, 0.25) is 0 Å². The minimum Gasteiger partial charge on any atom is -0.267 e. The Bertz CT molecular complexity index is 809. The lowest BCUT2D eigenvalue weighted by Crippen LogP contribution is -2.11. The molecule has 0 bridgehead atoms. The van der Waals surface area contributed by atoms with Gasteiger partial charge in [-0.15, -0.1) is 0 Å². The molecule has 5 heteroatoms. The highest BCUT2D eigenvalue weighted by Crippen LogP contribution is 2.18. The first-order valence-electron chi connectivity index (χ1n) is 5.27. The number of aromatic nitrogens is 2. The molecule has 0 aliphatic rings. The highest BCUT2D eigenvalue weighted by atomic mass is 32.1. The zero-order valence-electron chi connectivity index (χ0n) is 9.20. The summed E-state index contributed by atoms with van der Waals surface area (Å²) in [5, 5.41) is 9.40. The fourth-order valence-electron chi connectivity index (χ4n) is 1.70. The molecular weight excluding hydrogens is 246 g/mol. The van der Waals surface area contributed by atoms with Crippen molar-refractivity contribution in [3.63, 3.8) is 0 Å². The van der Waals surface area contributed by atoms with E-state index in [1.807, 2.05) is 24.3 Å². The summed E-state index contributed by atoms with van der Waals surface area (Å²) in [5.41, 5.74) is 0.403. The third kappa shape index (κ3) is 1.60. The Hall–Kier alpha value is -2.45. The zero-order valence-corrected chi connectivity index (χ0v) is 10.0. The van der Waals surface area contributed by atoms with Crippen LogP contribution >= 0.6 is 11.5 Å². The molecule has 0 radical (unpaired) electrons. The van der Waals surface area contributed by atoms with Gasteiger partial charge in [-0.1, -0.05) is 12.1 Å². The molecule has 0 atom stereocenters. The van der Waals surface area contributed by atoms with Crippen molar-refractivity contribution >= 4 is 21.6 Å². The van der Waals surface area contributed by atoms with Crippen LogP contribution in [-0.4, -0.2) is 8.94 Å². The van der Waals surface area contributed by atoms with Crippen LogP contribution in [0.4, 0.5) is 0 Å². The Morgan fingerprint density at radius 2 is 2.06 bits per heavy atom. The summed E-state index contributed by atoms with van der Waals surface area (Å²) in [7, 11) is 0. The fourth-order valence-corrected chi connectivity index (χ4v) is 2.67. The van der Waals surface area contributed by atoms with Crippen molar-refractivity contribution in [1.29, 1.82) is 5.26 Å². The van der Waals surface area contributed by atoms with Gasteiger partial charge in [0, 0.05) is 6.20 Å². The Morgan fingerprint density at radius 3 is 2.72 bits per heavy atom. The van der Waals surface area contributed by atoms with Crippen molar-refractivity contribution in [3.8, 4) is 11.9 Å². The van der Waals surface area contributed by atoms with Crippen molar-refractivity contribution < 1.29 is 0 Å². The molecule has 4 nitrogen and oxygen atoms in total. The summed E-state index contributed by atoms with van der Waals surface area (Å²) < 4.78 is 2.46. The van der Waals surface area contributed by atoms with Crippen molar-refractivity contribution in [3.05, 3.63) is 58.5 Å². The number of nitrogens with zero attached hydrogens (tertiary/aromatic N) is 3. The van der Waals surface area contributed by atoms with Crippen molar-refractivity contribution in [2.75, 3.05) is 0 Å². The highest BCUT2D eigenvalue weighted by molar-refractivity contribution is 7.14. The van der Waals surface area contributed by atoms with E-state index in [0.717, 1.165) is 4.70 Å². The van der Waals surface area contributed by atoms with Gasteiger partial charge in [-0.3, -0.25) is 4.79 Å². The first-order chi connectivity index (χ1) is 8.79. The molecular formula is C13H7N3OS. The van der Waals surface area contributed by atoms with Gasteiger partial charge in [0.1, 0.15) is 11.9 Å². The van der Waals surface area contributed by atoms with Crippen LogP contribution in [-0.2, 0) is 0 Å². The van der Waals surface area contributed by atoms with Crippen LogP contribution in [0.1, 0.15) is 5.56 Å². The molecule has 0 saturated heterocycles. The monoisotopic (exact) mass is 253 g/mol. The minimum absolute atomic E-state index is 0.0761. The number of hydrogen-bond donors (Lipinski definition) is 0. The molecule has 0 unspecified atom stereocenters. The molecule has 3 rings (SSSR count). The van der Waals surface area contributed by atoms with Gasteiger partial charge < -0.3 is 0 Å². The van der Waals surface area contributed by atoms with Gasteiger partial charge in [-0.05, 0) is 35.8 Å². The van der Waals surface area contributed by atoms with Crippen molar-refractivity contribution in [2.24, 2.45) is 0 Å². The Labute approximate surface area is 107 Å². The SMILES string of the molecule is N#Cc1ccc(-n2sc3ccccc3c2=O)nc1. The van der Waals surface area contributed by atoms with E-state index < -0.39 is 0 Å². The lowest BCUT2D eigenvalue weighted by Gasteiger charge is -1.97. The quantitative estimate of drug-likeness (QED) is 0.668. The molecule has 0 saturated carbocycles. The summed E-state index contributed by atoms with van der Waals surface area (Å²) in [6.45, 7) is 0. The number of pyridine rings is 1. The Balaban J connectivity index is 2.22. The van der Waals surface area contributed by atoms with Crippen LogP contribution in [0.2, 0.25) is 0 Å². The summed E-state index contributed by atoms with van der Waals surface area (Å²) >= 11 is 1.35. The minimum atomic E-state index is -0.0761. The van der Waals surface area contributed by atoms with E-state index in [9.17, 15) is 4.79 Å². The molecule has 1 aromatic carbocycles. The van der Waals surface area contributed by atoms with Crippen LogP contribution < -0.4 is 5.56 Å². The van der Waals surface area contributed by atoms with Crippen LogP contribution in [0.15, 0.2) is 47.4 Å². The van der Waals surface area contributed by atoms with Crippen molar-refractivity contribution in [2.45, 2.75) is 0 Å². The topological polar surface area (TPSA) is 58.7 Å². The molecule has 2 aromatic heterocycles. The largest absolute Gasteiger partial charge is 0.274 e. The van der Waals surface area contributed by atoms with Gasteiger partial charge in [0.05, 0.1) is 15.6 Å². The summed E-state index contributed by atoms with van der Waals surface area (Å²) in [4.78, 5) is 16.3. The number of hydrogen-bond acceptors (Lipinski definition) is 4. The van der Waals surface area contributed by atoms with E-state index in [-0.39, 0.29) is 5.56 Å². The van der Waals surface area contributed by atoms with E-state index in [1.54, 1.807) is 18.2 Å². The molecule has 3 aromatic rings. The average Bonchev–Trinajstić information content (AvgIpc) is 2.77. The predicted octanol–water partition coefficient (Wildman–Crippen LogP) is 2.32. The first kappa shape index (κ1) is 10.7. The number of benzene rings is 1. The van der Waals surface area contributed by atoms with Crippen LogP contribution in [0.3, 0.4) is 0 Å². The molecule has 0 fully saturated rings. The molecule has 18 heavy (non-hydrogen) atoms. The van der Waals surface area contributed by atoms with Crippen LogP contribution in [0, 0.1) is 11.3 Å². The second-order valence-corrected chi connectivity index (χ2v) is 4.69. The maximum atomic E-state index is 12.2. The van der Waals surface area contributed by atoms with E-state index in [4.69, 9.17) is 5.26 Å². The second-order valence-electron chi connectivity index (χ2n) is 3.70. The molecule has 2 heterocycles. The summed E-state index contributed by atoms with van der Waals surface area (Å²) in [6.07, 6.45) is 1.46. The lowest BCUT2D eigenvalue weighted by atomic mass is 10.3. The van der Waals surface area contributed by atoms with E-state index >= 15 is 0 Å². The Kier molecular flexibility index (Phi) is 2.43. The third-order valence-electron chi connectivity index (χ3n) is 2.58. The fraction of sp³-hybridized carbons (Fsp3) is 0. The van der Waals surface area contributed by atoms with Gasteiger partial charge in [-0.2, -0.15) is 5.26 Å². The molecule has 0 spiro atoms. The highest BCUT2D eigenvalue weighted by Gasteiger charge is 2.09. The molecule has 86 valence electrons. The maximum absolute atomic E-state index is 12.2. The van der Waals surface area contributed by atoms with Crippen LogP contribution in [0.25, 0.3) is 15.9 Å². The summed E-state index contributed by atoms with van der Waals surface area (Å²) in [6, 6.07) is 12.8. The van der Waals surface area contributed by atoms with E-state index in [0.29, 0.717) is 16.8 Å². The van der Waals surface area contributed by atoms with Gasteiger partial charge in [-0.25, -0.2) is 8.94 Å². The molecule has 0 aliphatic carbocycles. The summed E-state index contributed by atoms with van der Waals surface area (Å²) in [5.74, 6) is 0.542. The van der Waals surface area contributed by atoms with Crippen LogP contribution in [0.5, 0.6) is 0 Å². The third-order valence-corrected chi connectivity index (χ3v) is 3.66. The molecule has 0 N–H and O–H groups in total. The molecule has 0 aliphatic heterocycles. The van der Waals surface area contributed by atoms with Gasteiger partial charge in [0.25, 0.3) is 5.56 Å². The second kappa shape index (κ2) is 4.09. The number of fused-ring (bicyclic) bond motifs is 1. The number of nitriles is 1. The first-order valence-corrected chi connectivity index (χ1v) is 6.04. The lowest BCUT2D eigenvalue weighted by molar-refractivity contribution is 1.06. The zero-order chi connectivity index (χ0) is 12.5. The normalized spacial score (nSPS) is 10.4. The Morgan fingerprint density at radius 1 is 1.22 bits per heavy atom. The number of rotatable bonds is 1. The van der Waals surface area contributed by atoms with E-state index in [1.165, 1.54) is 21.7 Å². The average molecular weight is 253 g/mol. The van der Waals surface area contributed by atoms with Gasteiger partial charge in [0.15, 0.2) is 0 Å². The maximum Gasteiger partial charge on any atom is 0.274 e. The standard InChI is InChI=1S/C13H7N3OS/c14-7-9-5-6-12(15-8-9)16-13(17)10-3-1-2-4-11(10)18-16/h1-6,8H. The molecule has 0 amide bonds.